The van der Waals surface area contributed by atoms with Crippen molar-refractivity contribution in [2.24, 2.45) is 0 Å². The molecule has 0 aliphatic heterocycles. The fourth-order valence-electron chi connectivity index (χ4n) is 2.81. The van der Waals surface area contributed by atoms with Gasteiger partial charge in [0, 0.05) is 49.0 Å². The summed E-state index contributed by atoms with van der Waals surface area (Å²) in [6.45, 7) is 2.67. The van der Waals surface area contributed by atoms with Gasteiger partial charge >= 0.3 is 0 Å². The van der Waals surface area contributed by atoms with Crippen molar-refractivity contribution < 1.29 is 4.79 Å². The van der Waals surface area contributed by atoms with Crippen LogP contribution >= 0.6 is 11.8 Å². The van der Waals surface area contributed by atoms with Crippen LogP contribution in [0.3, 0.4) is 0 Å². The largest absolute Gasteiger partial charge is 0.370 e. The number of likely N-dealkylation sites (N-methyl/N-ethyl adjacent to an activating group) is 1. The lowest BCUT2D eigenvalue weighted by atomic mass is 10.2. The molecule has 140 valence electrons. The number of hydrogen-bond acceptors (Lipinski definition) is 4. The maximum atomic E-state index is 12.5. The smallest absolute Gasteiger partial charge is 0.251 e. The maximum Gasteiger partial charge on any atom is 0.251 e. The highest BCUT2D eigenvalue weighted by atomic mass is 32.2. The molecule has 1 aromatic heterocycles. The van der Waals surface area contributed by atoms with Crippen LogP contribution in [0, 0.1) is 0 Å². The summed E-state index contributed by atoms with van der Waals surface area (Å²) in [5.74, 6) is -0.0643. The number of carbonyl (C=O) groups excluding carboxylic acids is 1. The monoisotopic (exact) mass is 380 g/mol. The van der Waals surface area contributed by atoms with Crippen LogP contribution < -0.4 is 10.2 Å². The second-order valence-corrected chi connectivity index (χ2v) is 7.11. The predicted molar refractivity (Wildman–Crippen MR) is 112 cm³/mol. The van der Waals surface area contributed by atoms with Crippen molar-refractivity contribution >= 4 is 23.4 Å². The number of thioether (sulfide) groups is 1. The van der Waals surface area contributed by atoms with Crippen LogP contribution in [0.4, 0.5) is 5.69 Å². The number of carbonyl (C=O) groups is 1. The van der Waals surface area contributed by atoms with Gasteiger partial charge in [0.05, 0.1) is 0 Å². The predicted octanol–water partition coefficient (Wildman–Crippen LogP) is 3.85. The molecule has 3 aromatic rings. The number of anilines is 1. The highest BCUT2D eigenvalue weighted by Crippen LogP contribution is 2.18. The fourth-order valence-corrected chi connectivity index (χ4v) is 3.34. The number of hydrogen-bond donors (Lipinski definition) is 1. The van der Waals surface area contributed by atoms with Crippen LogP contribution in [0.25, 0.3) is 5.69 Å². The Kier molecular flexibility index (Phi) is 6.19. The third kappa shape index (κ3) is 4.52. The fraction of sp³-hybridized carbons (Fsp3) is 0.238. The van der Waals surface area contributed by atoms with E-state index in [-0.39, 0.29) is 11.9 Å². The molecule has 0 radical (unpaired) electrons. The minimum absolute atomic E-state index is 0.0643. The van der Waals surface area contributed by atoms with E-state index in [1.807, 2.05) is 66.5 Å². The third-order valence-corrected chi connectivity index (χ3v) is 5.25. The first kappa shape index (κ1) is 19.0. The zero-order valence-corrected chi connectivity index (χ0v) is 16.6. The molecule has 1 amide bonds. The Morgan fingerprint density at radius 1 is 1.19 bits per heavy atom. The first-order valence-corrected chi connectivity index (χ1v) is 10.1. The molecule has 3 rings (SSSR count). The van der Waals surface area contributed by atoms with Crippen molar-refractivity contribution in [1.29, 1.82) is 0 Å². The van der Waals surface area contributed by atoms with Crippen molar-refractivity contribution in [3.8, 4) is 5.69 Å². The van der Waals surface area contributed by atoms with Crippen molar-refractivity contribution in [3.63, 3.8) is 0 Å². The Labute approximate surface area is 164 Å². The maximum absolute atomic E-state index is 12.5. The van der Waals surface area contributed by atoms with E-state index in [1.54, 1.807) is 18.0 Å². The molecule has 1 atom stereocenters. The second kappa shape index (κ2) is 8.77. The summed E-state index contributed by atoms with van der Waals surface area (Å²) in [5, 5.41) is 3.94. The zero-order chi connectivity index (χ0) is 19.2. The number of nitrogens with one attached hydrogen (secondary N) is 1. The Hall–Kier alpha value is -2.73. The van der Waals surface area contributed by atoms with E-state index in [0.717, 1.165) is 16.5 Å². The normalized spacial score (nSPS) is 11.8. The molecule has 0 spiro atoms. The molecule has 0 bridgehead atoms. The van der Waals surface area contributed by atoms with Gasteiger partial charge in [0.2, 0.25) is 0 Å². The molecule has 27 heavy (non-hydrogen) atoms. The summed E-state index contributed by atoms with van der Waals surface area (Å²) in [5.41, 5.74) is 2.78. The van der Waals surface area contributed by atoms with E-state index in [2.05, 4.69) is 34.3 Å². The Balaban J connectivity index is 1.60. The molecule has 0 aliphatic carbocycles. The first-order chi connectivity index (χ1) is 13.1. The summed E-state index contributed by atoms with van der Waals surface area (Å²) in [6, 6.07) is 17.9. The zero-order valence-electron chi connectivity index (χ0n) is 15.8. The van der Waals surface area contributed by atoms with Crippen LogP contribution in [-0.2, 0) is 0 Å². The van der Waals surface area contributed by atoms with Gasteiger partial charge in [0.15, 0.2) is 5.16 Å². The van der Waals surface area contributed by atoms with E-state index in [4.69, 9.17) is 0 Å². The summed E-state index contributed by atoms with van der Waals surface area (Å²) in [7, 11) is 2.04. The van der Waals surface area contributed by atoms with Gasteiger partial charge in [-0.1, -0.05) is 30.0 Å². The van der Waals surface area contributed by atoms with E-state index < -0.39 is 0 Å². The number of aromatic nitrogens is 2. The van der Waals surface area contributed by atoms with Gasteiger partial charge < -0.3 is 10.2 Å². The Morgan fingerprint density at radius 2 is 1.89 bits per heavy atom. The van der Waals surface area contributed by atoms with Crippen LogP contribution in [-0.4, -0.2) is 41.3 Å². The van der Waals surface area contributed by atoms with Crippen LogP contribution in [0.2, 0.25) is 0 Å². The summed E-state index contributed by atoms with van der Waals surface area (Å²) >= 11 is 1.59. The van der Waals surface area contributed by atoms with E-state index in [9.17, 15) is 4.79 Å². The minimum atomic E-state index is -0.0643. The number of nitrogens with zero attached hydrogens (tertiary/aromatic N) is 3. The molecule has 1 heterocycles. The number of rotatable bonds is 7. The number of amides is 1. The SMILES string of the molecule is CSc1nccn1-c1ccc(C(=O)NC[C@@H](C)N(C)c2ccccc2)cc1. The molecule has 0 aliphatic rings. The molecule has 0 fully saturated rings. The Bertz CT molecular complexity index is 877. The number of imidazole rings is 1. The van der Waals surface area contributed by atoms with Gasteiger partial charge in [-0.15, -0.1) is 0 Å². The van der Waals surface area contributed by atoms with Gasteiger partial charge in [-0.2, -0.15) is 0 Å². The standard InChI is InChI=1S/C21H24N4OS/c1-16(24(2)18-7-5-4-6-8-18)15-23-20(26)17-9-11-19(12-10-17)25-14-13-22-21(25)27-3/h4-14,16H,15H2,1-3H3,(H,23,26)/t16-/m1/s1. The van der Waals surface area contributed by atoms with Gasteiger partial charge in [0.25, 0.3) is 5.91 Å². The highest BCUT2D eigenvalue weighted by molar-refractivity contribution is 7.98. The van der Waals surface area contributed by atoms with Gasteiger partial charge in [-0.3, -0.25) is 9.36 Å². The molecule has 1 N–H and O–H groups in total. The number of benzene rings is 2. The molecule has 2 aromatic carbocycles. The molecule has 0 saturated heterocycles. The Morgan fingerprint density at radius 3 is 2.56 bits per heavy atom. The van der Waals surface area contributed by atoms with Crippen LogP contribution in [0.1, 0.15) is 17.3 Å². The average Bonchev–Trinajstić information content (AvgIpc) is 3.20. The molecule has 5 nitrogen and oxygen atoms in total. The lowest BCUT2D eigenvalue weighted by molar-refractivity contribution is 0.0951. The lowest BCUT2D eigenvalue weighted by Crippen LogP contribution is -2.40. The second-order valence-electron chi connectivity index (χ2n) is 6.34. The lowest BCUT2D eigenvalue weighted by Gasteiger charge is -2.27. The average molecular weight is 381 g/mol. The van der Waals surface area contributed by atoms with Crippen LogP contribution in [0.5, 0.6) is 0 Å². The van der Waals surface area contributed by atoms with Gasteiger partial charge in [-0.05, 0) is 49.6 Å². The van der Waals surface area contributed by atoms with E-state index in [1.165, 1.54) is 0 Å². The summed E-state index contributed by atoms with van der Waals surface area (Å²) in [6.07, 6.45) is 5.69. The van der Waals surface area contributed by atoms with Gasteiger partial charge in [0.1, 0.15) is 0 Å². The summed E-state index contributed by atoms with van der Waals surface area (Å²) < 4.78 is 2.00. The minimum Gasteiger partial charge on any atom is -0.370 e. The van der Waals surface area contributed by atoms with Crippen molar-refractivity contribution in [2.75, 3.05) is 24.7 Å². The summed E-state index contributed by atoms with van der Waals surface area (Å²) in [4.78, 5) is 18.9. The third-order valence-electron chi connectivity index (χ3n) is 4.58. The van der Waals surface area contributed by atoms with Gasteiger partial charge in [-0.25, -0.2) is 4.98 Å². The highest BCUT2D eigenvalue weighted by Gasteiger charge is 2.13. The topological polar surface area (TPSA) is 50.2 Å². The van der Waals surface area contributed by atoms with Crippen LogP contribution in [0.15, 0.2) is 72.1 Å². The van der Waals surface area contributed by atoms with E-state index >= 15 is 0 Å². The van der Waals surface area contributed by atoms with Crippen molar-refractivity contribution in [2.45, 2.75) is 18.1 Å². The molecule has 0 unspecified atom stereocenters. The molecule has 6 heteroatoms. The molecular formula is C21H24N4OS. The first-order valence-electron chi connectivity index (χ1n) is 8.84. The van der Waals surface area contributed by atoms with E-state index in [0.29, 0.717) is 12.1 Å². The van der Waals surface area contributed by atoms with Crippen molar-refractivity contribution in [1.82, 2.24) is 14.9 Å². The number of para-hydroxylation sites is 1. The molecular weight excluding hydrogens is 356 g/mol. The molecule has 0 saturated carbocycles. The quantitative estimate of drug-likeness (QED) is 0.633. The van der Waals surface area contributed by atoms with Crippen molar-refractivity contribution in [3.05, 3.63) is 72.6 Å².